The summed E-state index contributed by atoms with van der Waals surface area (Å²) in [4.78, 5) is 0. The molecule has 0 saturated heterocycles. The van der Waals surface area contributed by atoms with E-state index in [0.717, 1.165) is 17.0 Å². The third-order valence-corrected chi connectivity index (χ3v) is 2.77. The van der Waals surface area contributed by atoms with Crippen LogP contribution in [0.1, 0.15) is 5.56 Å². The molecule has 1 heterocycles. The molecule has 0 radical (unpaired) electrons. The minimum absolute atomic E-state index is 0.250. The Morgan fingerprint density at radius 2 is 1.75 bits per heavy atom. The molecular weight excluding hydrogens is 259 g/mol. The average molecular weight is 270 g/mol. The van der Waals surface area contributed by atoms with Crippen molar-refractivity contribution in [3.63, 3.8) is 0 Å². The molecular formula is C14H11FN4O. The number of rotatable bonds is 4. The van der Waals surface area contributed by atoms with Gasteiger partial charge in [-0.25, -0.2) is 9.07 Å². The van der Waals surface area contributed by atoms with Gasteiger partial charge in [0.15, 0.2) is 0 Å². The third kappa shape index (κ3) is 2.80. The van der Waals surface area contributed by atoms with Gasteiger partial charge in [0.25, 0.3) is 0 Å². The molecule has 0 bridgehead atoms. The molecule has 0 aliphatic heterocycles. The molecule has 100 valence electrons. The summed E-state index contributed by atoms with van der Waals surface area (Å²) in [7, 11) is 0. The molecule has 0 fully saturated rings. The molecule has 0 unspecified atom stereocenters. The van der Waals surface area contributed by atoms with Crippen molar-refractivity contribution in [2.75, 3.05) is 0 Å². The topological polar surface area (TPSA) is 52.8 Å². The van der Waals surface area contributed by atoms with E-state index in [9.17, 15) is 4.39 Å². The normalized spacial score (nSPS) is 10.4. The Balaban J connectivity index is 1.65. The molecule has 5 nitrogen and oxygen atoms in total. The molecule has 0 amide bonds. The fourth-order valence-electron chi connectivity index (χ4n) is 1.72. The lowest BCUT2D eigenvalue weighted by atomic mass is 10.2. The van der Waals surface area contributed by atoms with Crippen LogP contribution >= 0.6 is 0 Å². The van der Waals surface area contributed by atoms with Gasteiger partial charge in [-0.1, -0.05) is 12.1 Å². The van der Waals surface area contributed by atoms with Crippen LogP contribution in [0.3, 0.4) is 0 Å². The van der Waals surface area contributed by atoms with Gasteiger partial charge in [0, 0.05) is 0 Å². The van der Waals surface area contributed by atoms with E-state index in [4.69, 9.17) is 4.74 Å². The second kappa shape index (κ2) is 5.48. The zero-order valence-corrected chi connectivity index (χ0v) is 10.5. The molecule has 0 N–H and O–H groups in total. The maximum absolute atomic E-state index is 12.8. The van der Waals surface area contributed by atoms with Gasteiger partial charge >= 0.3 is 0 Å². The Morgan fingerprint density at radius 3 is 2.40 bits per heavy atom. The average Bonchev–Trinajstić information content (AvgIpc) is 3.01. The van der Waals surface area contributed by atoms with Crippen molar-refractivity contribution < 1.29 is 9.13 Å². The van der Waals surface area contributed by atoms with E-state index in [1.807, 2.05) is 24.3 Å². The first-order valence-electron chi connectivity index (χ1n) is 6.02. The van der Waals surface area contributed by atoms with Crippen molar-refractivity contribution in [3.8, 4) is 11.4 Å². The van der Waals surface area contributed by atoms with Crippen LogP contribution < -0.4 is 4.74 Å². The number of tetrazole rings is 1. The number of hydrogen-bond acceptors (Lipinski definition) is 4. The largest absolute Gasteiger partial charge is 0.489 e. The Labute approximate surface area is 114 Å². The van der Waals surface area contributed by atoms with Crippen LogP contribution in [0.4, 0.5) is 4.39 Å². The zero-order valence-electron chi connectivity index (χ0n) is 10.5. The highest BCUT2D eigenvalue weighted by molar-refractivity contribution is 5.36. The fourth-order valence-corrected chi connectivity index (χ4v) is 1.72. The highest BCUT2D eigenvalue weighted by Crippen LogP contribution is 2.16. The third-order valence-electron chi connectivity index (χ3n) is 2.77. The molecule has 1 aromatic heterocycles. The molecule has 3 rings (SSSR count). The molecule has 0 aliphatic carbocycles. The van der Waals surface area contributed by atoms with Gasteiger partial charge in [0.2, 0.25) is 0 Å². The molecule has 0 spiro atoms. The van der Waals surface area contributed by atoms with Crippen LogP contribution in [0.2, 0.25) is 0 Å². The van der Waals surface area contributed by atoms with Crippen LogP contribution in [-0.2, 0) is 6.61 Å². The first kappa shape index (κ1) is 12.3. The predicted molar refractivity (Wildman–Crippen MR) is 69.9 cm³/mol. The smallest absolute Gasteiger partial charge is 0.143 e. The monoisotopic (exact) mass is 270 g/mol. The number of ether oxygens (including phenoxy) is 1. The number of benzene rings is 2. The molecule has 20 heavy (non-hydrogen) atoms. The Bertz CT molecular complexity index is 665. The molecule has 2 aromatic carbocycles. The number of hydrogen-bond donors (Lipinski definition) is 0. The zero-order chi connectivity index (χ0) is 13.8. The van der Waals surface area contributed by atoms with E-state index in [1.165, 1.54) is 18.5 Å². The predicted octanol–water partition coefficient (Wildman–Crippen LogP) is 2.38. The maximum atomic E-state index is 12.8. The highest BCUT2D eigenvalue weighted by Gasteiger charge is 2.00. The summed E-state index contributed by atoms with van der Waals surface area (Å²) < 4.78 is 19.9. The van der Waals surface area contributed by atoms with Gasteiger partial charge < -0.3 is 4.74 Å². The van der Waals surface area contributed by atoms with Crippen molar-refractivity contribution >= 4 is 0 Å². The van der Waals surface area contributed by atoms with Crippen molar-refractivity contribution in [2.45, 2.75) is 6.61 Å². The van der Waals surface area contributed by atoms with Gasteiger partial charge in [-0.2, -0.15) is 0 Å². The van der Waals surface area contributed by atoms with Crippen LogP contribution in [0.25, 0.3) is 5.69 Å². The number of nitrogens with zero attached hydrogens (tertiary/aromatic N) is 4. The van der Waals surface area contributed by atoms with E-state index < -0.39 is 0 Å². The second-order valence-electron chi connectivity index (χ2n) is 4.16. The van der Waals surface area contributed by atoms with E-state index in [1.54, 1.807) is 16.8 Å². The molecule has 0 atom stereocenters. The van der Waals surface area contributed by atoms with Crippen molar-refractivity contribution in [1.82, 2.24) is 20.2 Å². The van der Waals surface area contributed by atoms with Crippen LogP contribution in [0, 0.1) is 5.82 Å². The van der Waals surface area contributed by atoms with Gasteiger partial charge in [-0.15, -0.1) is 5.10 Å². The van der Waals surface area contributed by atoms with Gasteiger partial charge in [0.05, 0.1) is 5.69 Å². The summed E-state index contributed by atoms with van der Waals surface area (Å²) in [5, 5.41) is 10.9. The first-order valence-corrected chi connectivity index (χ1v) is 6.02. The standard InChI is InChI=1S/C14H11FN4O/c15-12-3-1-11(2-4-12)9-20-14-7-5-13(6-8-14)19-10-16-17-18-19/h1-8,10H,9H2. The van der Waals surface area contributed by atoms with Gasteiger partial charge in [0.1, 0.15) is 24.5 Å². The number of aromatic nitrogens is 4. The van der Waals surface area contributed by atoms with Gasteiger partial charge in [-0.3, -0.25) is 0 Å². The van der Waals surface area contributed by atoms with Crippen molar-refractivity contribution in [1.29, 1.82) is 0 Å². The summed E-state index contributed by atoms with van der Waals surface area (Å²) in [6.45, 7) is 0.393. The molecule has 3 aromatic rings. The maximum Gasteiger partial charge on any atom is 0.143 e. The summed E-state index contributed by atoms with van der Waals surface area (Å²) in [5.74, 6) is 0.477. The van der Waals surface area contributed by atoms with E-state index >= 15 is 0 Å². The minimum Gasteiger partial charge on any atom is -0.489 e. The first-order chi connectivity index (χ1) is 9.81. The van der Waals surface area contributed by atoms with E-state index in [-0.39, 0.29) is 5.82 Å². The van der Waals surface area contributed by atoms with Crippen molar-refractivity contribution in [3.05, 3.63) is 66.2 Å². The van der Waals surface area contributed by atoms with Crippen LogP contribution in [-0.4, -0.2) is 20.2 Å². The Kier molecular flexibility index (Phi) is 3.36. The minimum atomic E-state index is -0.250. The molecule has 6 heteroatoms. The lowest BCUT2D eigenvalue weighted by Gasteiger charge is -2.07. The number of halogens is 1. The fraction of sp³-hybridized carbons (Fsp3) is 0.0714. The SMILES string of the molecule is Fc1ccc(COc2ccc(-n3cnnn3)cc2)cc1. The van der Waals surface area contributed by atoms with Crippen LogP contribution in [0.15, 0.2) is 54.9 Å². The summed E-state index contributed by atoms with van der Waals surface area (Å²) in [5.41, 5.74) is 1.76. The van der Waals surface area contributed by atoms with Crippen molar-refractivity contribution in [2.24, 2.45) is 0 Å². The summed E-state index contributed by atoms with van der Waals surface area (Å²) >= 11 is 0. The lowest BCUT2D eigenvalue weighted by molar-refractivity contribution is 0.306. The summed E-state index contributed by atoms with van der Waals surface area (Å²) in [6.07, 6.45) is 1.52. The molecule has 0 saturated carbocycles. The van der Waals surface area contributed by atoms with Gasteiger partial charge in [-0.05, 0) is 52.4 Å². The Morgan fingerprint density at radius 1 is 1.00 bits per heavy atom. The second-order valence-corrected chi connectivity index (χ2v) is 4.16. The van der Waals surface area contributed by atoms with E-state index in [2.05, 4.69) is 15.5 Å². The van der Waals surface area contributed by atoms with E-state index in [0.29, 0.717) is 6.61 Å². The Hall–Kier alpha value is -2.76. The summed E-state index contributed by atoms with van der Waals surface area (Å²) in [6, 6.07) is 13.6. The highest BCUT2D eigenvalue weighted by atomic mass is 19.1. The lowest BCUT2D eigenvalue weighted by Crippen LogP contribution is -1.97. The molecule has 0 aliphatic rings. The van der Waals surface area contributed by atoms with Crippen LogP contribution in [0.5, 0.6) is 5.75 Å². The quantitative estimate of drug-likeness (QED) is 0.730.